The highest BCUT2D eigenvalue weighted by atomic mass is 32.2. The summed E-state index contributed by atoms with van der Waals surface area (Å²) in [5.41, 5.74) is 3.11. The van der Waals surface area contributed by atoms with Crippen molar-refractivity contribution in [3.8, 4) is 16.9 Å². The van der Waals surface area contributed by atoms with E-state index in [0.717, 1.165) is 54.4 Å². The molecule has 0 aromatic heterocycles. The first kappa shape index (κ1) is 27.8. The molecule has 2 aromatic carbocycles. The summed E-state index contributed by atoms with van der Waals surface area (Å²) < 4.78 is 36.5. The van der Waals surface area contributed by atoms with Gasteiger partial charge < -0.3 is 19.7 Å². The fraction of sp³-hybridized carbons (Fsp3) is 0.519. The summed E-state index contributed by atoms with van der Waals surface area (Å²) in [4.78, 5) is 14.1. The summed E-state index contributed by atoms with van der Waals surface area (Å²) in [6.45, 7) is 6.32. The number of nitrogens with zero attached hydrogens (tertiary/aromatic N) is 1. The topological polar surface area (TPSA) is 97.0 Å². The van der Waals surface area contributed by atoms with Gasteiger partial charge in [0.25, 0.3) is 0 Å². The fourth-order valence-electron chi connectivity index (χ4n) is 4.45. The molecule has 3 rings (SSSR count). The molecule has 1 amide bonds. The monoisotopic (exact) mass is 517 g/mol. The summed E-state index contributed by atoms with van der Waals surface area (Å²) in [5.74, 6) is 0.819. The van der Waals surface area contributed by atoms with Gasteiger partial charge in [0.15, 0.2) is 0 Å². The van der Waals surface area contributed by atoms with E-state index >= 15 is 0 Å². The van der Waals surface area contributed by atoms with Gasteiger partial charge in [-0.25, -0.2) is 13.2 Å². The lowest BCUT2D eigenvalue weighted by atomic mass is 9.90. The van der Waals surface area contributed by atoms with Crippen molar-refractivity contribution in [1.29, 1.82) is 0 Å². The molecule has 0 saturated heterocycles. The lowest BCUT2D eigenvalue weighted by molar-refractivity contribution is 0.0179. The van der Waals surface area contributed by atoms with Gasteiger partial charge in [-0.15, -0.1) is 0 Å². The van der Waals surface area contributed by atoms with Crippen LogP contribution in [0.3, 0.4) is 0 Å². The number of anilines is 1. The lowest BCUT2D eigenvalue weighted by Crippen LogP contribution is -2.44. The molecular weight excluding hydrogens is 478 g/mol. The van der Waals surface area contributed by atoms with Crippen LogP contribution in [0.5, 0.6) is 5.75 Å². The zero-order valence-electron chi connectivity index (χ0n) is 22.1. The number of ether oxygens (including phenoxy) is 2. The largest absolute Gasteiger partial charge is 0.496 e. The van der Waals surface area contributed by atoms with Gasteiger partial charge >= 0.3 is 6.09 Å². The summed E-state index contributed by atoms with van der Waals surface area (Å²) >= 11 is 0. The van der Waals surface area contributed by atoms with Crippen molar-refractivity contribution < 1.29 is 22.7 Å². The van der Waals surface area contributed by atoms with Gasteiger partial charge in [-0.2, -0.15) is 0 Å². The number of carbonyl (C=O) groups excluding carboxylic acids is 1. The second-order valence-electron chi connectivity index (χ2n) is 10.5. The fourth-order valence-corrected chi connectivity index (χ4v) is 5.01. The molecule has 1 fully saturated rings. The first-order chi connectivity index (χ1) is 16.8. The minimum atomic E-state index is -3.31. The average Bonchev–Trinajstić information content (AvgIpc) is 2.81. The number of hydrogen-bond donors (Lipinski definition) is 2. The molecule has 8 nitrogen and oxygen atoms in total. The van der Waals surface area contributed by atoms with E-state index in [4.69, 9.17) is 9.47 Å². The van der Waals surface area contributed by atoms with Crippen molar-refractivity contribution >= 4 is 21.8 Å². The number of methoxy groups -OCH3 is 1. The Hall–Kier alpha value is -2.78. The normalized spacial score (nSPS) is 18.4. The van der Waals surface area contributed by atoms with Crippen LogP contribution in [0.25, 0.3) is 11.1 Å². The van der Waals surface area contributed by atoms with Gasteiger partial charge in [-0.3, -0.25) is 4.72 Å². The van der Waals surface area contributed by atoms with Crippen LogP contribution >= 0.6 is 0 Å². The third kappa shape index (κ3) is 8.13. The van der Waals surface area contributed by atoms with Crippen molar-refractivity contribution in [3.63, 3.8) is 0 Å². The summed E-state index contributed by atoms with van der Waals surface area (Å²) in [6, 6.07) is 13.9. The first-order valence-corrected chi connectivity index (χ1v) is 14.2. The van der Waals surface area contributed by atoms with Gasteiger partial charge in [0.05, 0.1) is 13.4 Å². The molecule has 2 aromatic rings. The number of amides is 1. The van der Waals surface area contributed by atoms with Crippen LogP contribution in [0, 0.1) is 0 Å². The van der Waals surface area contributed by atoms with Crippen molar-refractivity contribution in [2.45, 2.75) is 70.7 Å². The second kappa shape index (κ2) is 11.5. The molecular formula is C27H39N3O5S. The zero-order chi connectivity index (χ0) is 26.5. The highest BCUT2D eigenvalue weighted by molar-refractivity contribution is 7.92. The van der Waals surface area contributed by atoms with E-state index in [1.807, 2.05) is 52.1 Å². The maximum atomic E-state index is 12.4. The van der Waals surface area contributed by atoms with E-state index in [9.17, 15) is 13.2 Å². The van der Waals surface area contributed by atoms with E-state index in [-0.39, 0.29) is 12.1 Å². The number of hydrogen-bond acceptors (Lipinski definition) is 6. The van der Waals surface area contributed by atoms with Gasteiger partial charge in [0, 0.05) is 36.9 Å². The molecule has 36 heavy (non-hydrogen) atoms. The van der Waals surface area contributed by atoms with Gasteiger partial charge in [0.1, 0.15) is 11.4 Å². The van der Waals surface area contributed by atoms with E-state index in [1.165, 1.54) is 0 Å². The Labute approximate surface area is 215 Å². The summed E-state index contributed by atoms with van der Waals surface area (Å²) in [6.07, 6.45) is 4.69. The third-order valence-corrected chi connectivity index (χ3v) is 6.92. The van der Waals surface area contributed by atoms with Crippen LogP contribution in [0.15, 0.2) is 42.5 Å². The highest BCUT2D eigenvalue weighted by Crippen LogP contribution is 2.29. The van der Waals surface area contributed by atoms with Crippen LogP contribution in [-0.2, 0) is 21.3 Å². The van der Waals surface area contributed by atoms with Crippen LogP contribution in [-0.4, -0.2) is 57.5 Å². The molecule has 0 bridgehead atoms. The Morgan fingerprint density at radius 2 is 1.64 bits per heavy atom. The van der Waals surface area contributed by atoms with E-state index in [1.54, 1.807) is 24.1 Å². The predicted molar refractivity (Wildman–Crippen MR) is 144 cm³/mol. The minimum absolute atomic E-state index is 0.191. The van der Waals surface area contributed by atoms with Crippen molar-refractivity contribution in [2.24, 2.45) is 0 Å². The molecule has 9 heteroatoms. The predicted octanol–water partition coefficient (Wildman–Crippen LogP) is 5.00. The standard InChI is InChI=1S/C27H39N3O5S/c1-27(2,3)35-26(31)30(4)24-14-12-22(13-15-24)28-18-21-17-20(9-16-25(21)34-5)19-7-10-23(11-8-19)29-36(6,32)33/h7-11,16-17,22,24,28-29H,12-15,18H2,1-6H3/t22-,24-. The van der Waals surface area contributed by atoms with Gasteiger partial charge in [0.2, 0.25) is 10.0 Å². The zero-order valence-corrected chi connectivity index (χ0v) is 22.9. The Bertz CT molecular complexity index is 1130. The Morgan fingerprint density at radius 3 is 2.19 bits per heavy atom. The molecule has 0 radical (unpaired) electrons. The average molecular weight is 518 g/mol. The molecule has 0 unspecified atom stereocenters. The molecule has 1 aliphatic rings. The molecule has 0 heterocycles. The quantitative estimate of drug-likeness (QED) is 0.511. The van der Waals surface area contributed by atoms with Crippen LogP contribution in [0.1, 0.15) is 52.0 Å². The van der Waals surface area contributed by atoms with Crippen molar-refractivity contribution in [1.82, 2.24) is 10.2 Å². The minimum Gasteiger partial charge on any atom is -0.496 e. The van der Waals surface area contributed by atoms with Crippen molar-refractivity contribution in [3.05, 3.63) is 48.0 Å². The first-order valence-electron chi connectivity index (χ1n) is 12.3. The number of nitrogens with one attached hydrogen (secondary N) is 2. The molecule has 2 N–H and O–H groups in total. The maximum Gasteiger partial charge on any atom is 0.410 e. The van der Waals surface area contributed by atoms with E-state index in [0.29, 0.717) is 18.3 Å². The molecule has 0 spiro atoms. The lowest BCUT2D eigenvalue weighted by Gasteiger charge is -2.36. The summed E-state index contributed by atoms with van der Waals surface area (Å²) in [5, 5.41) is 3.66. The van der Waals surface area contributed by atoms with E-state index in [2.05, 4.69) is 16.1 Å². The Morgan fingerprint density at radius 1 is 1.03 bits per heavy atom. The number of benzene rings is 2. The summed E-state index contributed by atoms with van der Waals surface area (Å²) in [7, 11) is 0.186. The SMILES string of the molecule is COc1ccc(-c2ccc(NS(C)(=O)=O)cc2)cc1CN[C@H]1CC[C@H](N(C)C(=O)OC(C)(C)C)CC1. The van der Waals surface area contributed by atoms with Crippen molar-refractivity contribution in [2.75, 3.05) is 25.1 Å². The molecule has 0 atom stereocenters. The molecule has 1 saturated carbocycles. The maximum absolute atomic E-state index is 12.4. The van der Waals surface area contributed by atoms with Gasteiger partial charge in [-0.1, -0.05) is 18.2 Å². The molecule has 0 aliphatic heterocycles. The third-order valence-electron chi connectivity index (χ3n) is 6.31. The Kier molecular flexibility index (Phi) is 8.89. The second-order valence-corrected chi connectivity index (χ2v) is 12.2. The smallest absolute Gasteiger partial charge is 0.410 e. The van der Waals surface area contributed by atoms with Crippen LogP contribution in [0.2, 0.25) is 0 Å². The number of rotatable bonds is 8. The number of carbonyl (C=O) groups is 1. The Balaban J connectivity index is 1.59. The molecule has 198 valence electrons. The number of sulfonamides is 1. The van der Waals surface area contributed by atoms with Crippen LogP contribution < -0.4 is 14.8 Å². The van der Waals surface area contributed by atoms with E-state index < -0.39 is 15.6 Å². The van der Waals surface area contributed by atoms with Crippen LogP contribution in [0.4, 0.5) is 10.5 Å². The highest BCUT2D eigenvalue weighted by Gasteiger charge is 2.29. The molecule has 1 aliphatic carbocycles. The van der Waals surface area contributed by atoms with Gasteiger partial charge in [-0.05, 0) is 81.8 Å².